The van der Waals surface area contributed by atoms with E-state index in [1.807, 2.05) is 0 Å². The van der Waals surface area contributed by atoms with E-state index in [1.54, 1.807) is 0 Å². The number of hydrogen-bond acceptors (Lipinski definition) is 3. The van der Waals surface area contributed by atoms with Crippen LogP contribution in [0.1, 0.15) is 52.9 Å². The minimum atomic E-state index is 0.144. The van der Waals surface area contributed by atoms with Crippen molar-refractivity contribution in [3.63, 3.8) is 0 Å². The summed E-state index contributed by atoms with van der Waals surface area (Å²) in [4.78, 5) is 14.2. The molecule has 19 heavy (non-hydrogen) atoms. The molecule has 3 N–H and O–H groups in total. The lowest BCUT2D eigenvalue weighted by Crippen LogP contribution is -2.50. The van der Waals surface area contributed by atoms with Crippen molar-refractivity contribution in [3.05, 3.63) is 0 Å². The van der Waals surface area contributed by atoms with E-state index in [0.29, 0.717) is 12.5 Å². The van der Waals surface area contributed by atoms with Crippen LogP contribution in [0.4, 0.5) is 0 Å². The Morgan fingerprint density at radius 2 is 2.16 bits per heavy atom. The first-order valence-corrected chi connectivity index (χ1v) is 7.78. The summed E-state index contributed by atoms with van der Waals surface area (Å²) in [5, 5.41) is 3.09. The van der Waals surface area contributed by atoms with Gasteiger partial charge < -0.3 is 11.1 Å². The predicted octanol–water partition coefficient (Wildman–Crippen LogP) is 1.74. The molecule has 1 aliphatic heterocycles. The van der Waals surface area contributed by atoms with Gasteiger partial charge in [-0.05, 0) is 25.7 Å². The summed E-state index contributed by atoms with van der Waals surface area (Å²) in [6, 6.07) is 0.508. The number of carbonyl (C=O) groups is 1. The molecule has 1 saturated heterocycles. The van der Waals surface area contributed by atoms with Crippen molar-refractivity contribution in [3.8, 4) is 0 Å². The number of nitrogens with zero attached hydrogens (tertiary/aromatic N) is 1. The molecule has 1 rings (SSSR count). The number of unbranched alkanes of at least 4 members (excludes halogenated alkanes) is 2. The topological polar surface area (TPSA) is 58.4 Å². The highest BCUT2D eigenvalue weighted by molar-refractivity contribution is 5.78. The van der Waals surface area contributed by atoms with Crippen LogP contribution in [0.3, 0.4) is 0 Å². The number of rotatable bonds is 7. The van der Waals surface area contributed by atoms with Crippen molar-refractivity contribution in [2.75, 3.05) is 19.6 Å². The third-order valence-corrected chi connectivity index (χ3v) is 3.78. The van der Waals surface area contributed by atoms with E-state index >= 15 is 0 Å². The molecule has 4 nitrogen and oxygen atoms in total. The highest BCUT2D eigenvalue weighted by Crippen LogP contribution is 2.14. The number of amides is 1. The average Bonchev–Trinajstić information content (AvgIpc) is 2.27. The molecule has 3 unspecified atom stereocenters. The van der Waals surface area contributed by atoms with Crippen LogP contribution >= 0.6 is 0 Å². The van der Waals surface area contributed by atoms with Gasteiger partial charge in [-0.3, -0.25) is 9.69 Å². The van der Waals surface area contributed by atoms with Crippen molar-refractivity contribution in [1.29, 1.82) is 0 Å². The second-order valence-electron chi connectivity index (χ2n) is 6.26. The second kappa shape index (κ2) is 8.54. The fraction of sp³-hybridized carbons (Fsp3) is 0.933. The van der Waals surface area contributed by atoms with Crippen molar-refractivity contribution < 1.29 is 4.79 Å². The zero-order valence-corrected chi connectivity index (χ0v) is 12.8. The highest BCUT2D eigenvalue weighted by Gasteiger charge is 2.23. The molecule has 1 heterocycles. The van der Waals surface area contributed by atoms with Crippen LogP contribution in [-0.4, -0.2) is 42.5 Å². The quantitative estimate of drug-likeness (QED) is 0.692. The maximum atomic E-state index is 12.0. The summed E-state index contributed by atoms with van der Waals surface area (Å²) in [6.07, 6.45) is 5.83. The first kappa shape index (κ1) is 16.4. The van der Waals surface area contributed by atoms with Crippen LogP contribution in [0.15, 0.2) is 0 Å². The van der Waals surface area contributed by atoms with E-state index in [1.165, 1.54) is 19.3 Å². The molecule has 0 radical (unpaired) electrons. The molecule has 1 amide bonds. The van der Waals surface area contributed by atoms with Gasteiger partial charge >= 0.3 is 0 Å². The van der Waals surface area contributed by atoms with Gasteiger partial charge in [0.1, 0.15) is 0 Å². The molecule has 0 aliphatic carbocycles. The largest absolute Gasteiger partial charge is 0.353 e. The van der Waals surface area contributed by atoms with Gasteiger partial charge in [-0.1, -0.05) is 33.1 Å². The Balaban J connectivity index is 2.22. The molecular formula is C15H31N3O. The number of piperidine rings is 1. The molecule has 4 heteroatoms. The zero-order valence-electron chi connectivity index (χ0n) is 12.8. The Labute approximate surface area is 118 Å². The third-order valence-electron chi connectivity index (χ3n) is 3.78. The van der Waals surface area contributed by atoms with E-state index < -0.39 is 0 Å². The maximum Gasteiger partial charge on any atom is 0.234 e. The fourth-order valence-electron chi connectivity index (χ4n) is 2.94. The molecule has 3 atom stereocenters. The molecule has 0 spiro atoms. The molecule has 1 fully saturated rings. The summed E-state index contributed by atoms with van der Waals surface area (Å²) in [7, 11) is 0. The first-order chi connectivity index (χ1) is 9.01. The third kappa shape index (κ3) is 6.92. The van der Waals surface area contributed by atoms with Gasteiger partial charge in [0.25, 0.3) is 0 Å². The standard InChI is InChI=1S/C15H31N3O/c1-4-5-6-7-13(3)17-15(19)11-18-9-12(2)8-14(16)10-18/h12-14H,4-11,16H2,1-3H3,(H,17,19). The smallest absolute Gasteiger partial charge is 0.234 e. The van der Waals surface area contributed by atoms with Crippen LogP contribution in [0.5, 0.6) is 0 Å². The van der Waals surface area contributed by atoms with E-state index in [4.69, 9.17) is 5.73 Å². The van der Waals surface area contributed by atoms with Crippen LogP contribution in [0.2, 0.25) is 0 Å². The number of carbonyl (C=O) groups excluding carboxylic acids is 1. The Morgan fingerprint density at radius 3 is 2.79 bits per heavy atom. The number of nitrogens with one attached hydrogen (secondary N) is 1. The molecular weight excluding hydrogens is 238 g/mol. The van der Waals surface area contributed by atoms with Gasteiger partial charge in [0.05, 0.1) is 6.54 Å². The van der Waals surface area contributed by atoms with Gasteiger partial charge in [0, 0.05) is 25.2 Å². The molecule has 0 aromatic rings. The molecule has 0 aromatic heterocycles. The van der Waals surface area contributed by atoms with Gasteiger partial charge in [-0.2, -0.15) is 0 Å². The Morgan fingerprint density at radius 1 is 1.42 bits per heavy atom. The van der Waals surface area contributed by atoms with Gasteiger partial charge in [0.2, 0.25) is 5.91 Å². The molecule has 0 aromatic carbocycles. The van der Waals surface area contributed by atoms with Crippen LogP contribution in [0, 0.1) is 5.92 Å². The minimum absolute atomic E-state index is 0.144. The summed E-state index contributed by atoms with van der Waals surface area (Å²) >= 11 is 0. The normalized spacial score (nSPS) is 26.1. The van der Waals surface area contributed by atoms with Gasteiger partial charge in [-0.25, -0.2) is 0 Å². The lowest BCUT2D eigenvalue weighted by molar-refractivity contribution is -0.123. The maximum absolute atomic E-state index is 12.0. The van der Waals surface area contributed by atoms with Crippen molar-refractivity contribution >= 4 is 5.91 Å². The average molecular weight is 269 g/mol. The van der Waals surface area contributed by atoms with Gasteiger partial charge in [-0.15, -0.1) is 0 Å². The van der Waals surface area contributed by atoms with Crippen LogP contribution in [0.25, 0.3) is 0 Å². The highest BCUT2D eigenvalue weighted by atomic mass is 16.2. The SMILES string of the molecule is CCCCCC(C)NC(=O)CN1CC(C)CC(N)C1. The number of likely N-dealkylation sites (tertiary alicyclic amines) is 1. The van der Waals surface area contributed by atoms with Gasteiger partial charge in [0.15, 0.2) is 0 Å². The first-order valence-electron chi connectivity index (χ1n) is 7.78. The Kier molecular flexibility index (Phi) is 7.39. The Hall–Kier alpha value is -0.610. The van der Waals surface area contributed by atoms with E-state index in [9.17, 15) is 4.79 Å². The molecule has 0 bridgehead atoms. The Bertz CT molecular complexity index is 260. The summed E-state index contributed by atoms with van der Waals surface area (Å²) in [5.74, 6) is 0.740. The summed E-state index contributed by atoms with van der Waals surface area (Å²) < 4.78 is 0. The van der Waals surface area contributed by atoms with Crippen molar-refractivity contribution in [2.24, 2.45) is 11.7 Å². The number of hydrogen-bond donors (Lipinski definition) is 2. The molecule has 0 saturated carbocycles. The van der Waals surface area contributed by atoms with E-state index in [-0.39, 0.29) is 18.0 Å². The second-order valence-corrected chi connectivity index (χ2v) is 6.26. The van der Waals surface area contributed by atoms with Crippen LogP contribution in [-0.2, 0) is 4.79 Å². The molecule has 1 aliphatic rings. The lowest BCUT2D eigenvalue weighted by Gasteiger charge is -2.34. The monoisotopic (exact) mass is 269 g/mol. The summed E-state index contributed by atoms with van der Waals surface area (Å²) in [5.41, 5.74) is 6.00. The van der Waals surface area contributed by atoms with Crippen molar-refractivity contribution in [1.82, 2.24) is 10.2 Å². The van der Waals surface area contributed by atoms with E-state index in [2.05, 4.69) is 31.0 Å². The summed E-state index contributed by atoms with van der Waals surface area (Å²) in [6.45, 7) is 8.84. The zero-order chi connectivity index (χ0) is 14.3. The minimum Gasteiger partial charge on any atom is -0.353 e. The molecule has 112 valence electrons. The van der Waals surface area contributed by atoms with Crippen molar-refractivity contribution in [2.45, 2.75) is 65.0 Å². The van der Waals surface area contributed by atoms with Crippen LogP contribution < -0.4 is 11.1 Å². The van der Waals surface area contributed by atoms with E-state index in [0.717, 1.165) is 25.9 Å². The predicted molar refractivity (Wildman–Crippen MR) is 79.9 cm³/mol. The fourth-order valence-corrected chi connectivity index (χ4v) is 2.94. The lowest BCUT2D eigenvalue weighted by atomic mass is 9.97. The number of nitrogens with two attached hydrogens (primary N) is 1.